The number of anilines is 4. The molecule has 4 N–H and O–H groups in total. The Bertz CT molecular complexity index is 1710. The van der Waals surface area contributed by atoms with Gasteiger partial charge in [-0.3, -0.25) is 5.43 Å². The maximum Gasteiger partial charge on any atom is 0.240 e. The van der Waals surface area contributed by atoms with E-state index in [1.165, 1.54) is 31.3 Å². The summed E-state index contributed by atoms with van der Waals surface area (Å²) < 4.78 is 51.0. The number of ether oxygens (including phenoxy) is 2. The lowest BCUT2D eigenvalue weighted by molar-refractivity contribution is 0.354. The molecule has 0 aliphatic rings. The molecule has 0 saturated carbocycles. The molecule has 43 heavy (non-hydrogen) atoms. The summed E-state index contributed by atoms with van der Waals surface area (Å²) in [5, 5.41) is 10.8. The summed E-state index contributed by atoms with van der Waals surface area (Å²) in [4.78, 5) is 9.23. The van der Waals surface area contributed by atoms with E-state index in [1.807, 2.05) is 25.1 Å². The number of hydrazone groups is 1. The minimum absolute atomic E-state index is 0.155. The number of benzene rings is 3. The van der Waals surface area contributed by atoms with Crippen molar-refractivity contribution in [1.82, 2.24) is 14.7 Å². The highest BCUT2D eigenvalue weighted by atomic mass is 32.2. The van der Waals surface area contributed by atoms with Gasteiger partial charge < -0.3 is 20.1 Å². The Balaban J connectivity index is 1.55. The molecule has 0 unspecified atom stereocenters. The highest BCUT2D eigenvalue weighted by Gasteiger charge is 2.12. The second-order valence-electron chi connectivity index (χ2n) is 9.45. The van der Waals surface area contributed by atoms with Crippen LogP contribution < -0.4 is 30.3 Å². The molecule has 4 aromatic rings. The number of methoxy groups -OCH3 is 2. The molecule has 1 heterocycles. The van der Waals surface area contributed by atoms with Crippen molar-refractivity contribution >= 4 is 39.0 Å². The Morgan fingerprint density at radius 1 is 0.930 bits per heavy atom. The Kier molecular flexibility index (Phi) is 10.1. The summed E-state index contributed by atoms with van der Waals surface area (Å²) in [6, 6.07) is 18.2. The Hall–Kier alpha value is -4.75. The predicted molar refractivity (Wildman–Crippen MR) is 167 cm³/mol. The molecule has 4 rings (SSSR count). The van der Waals surface area contributed by atoms with Crippen molar-refractivity contribution in [1.29, 1.82) is 0 Å². The second-order valence-corrected chi connectivity index (χ2v) is 11.3. The summed E-state index contributed by atoms with van der Waals surface area (Å²) in [5.74, 6) is 2.06. The van der Waals surface area contributed by atoms with Crippen LogP contribution in [0.5, 0.6) is 11.5 Å². The van der Waals surface area contributed by atoms with E-state index in [0.717, 1.165) is 16.7 Å². The molecular formula is C30H34FN7O4S. The zero-order chi connectivity index (χ0) is 31.0. The van der Waals surface area contributed by atoms with Crippen LogP contribution in [0.15, 0.2) is 76.7 Å². The summed E-state index contributed by atoms with van der Waals surface area (Å²) in [5.41, 5.74) is 6.67. The third-order valence-corrected chi connectivity index (χ3v) is 7.96. The van der Waals surface area contributed by atoms with Crippen LogP contribution in [0.2, 0.25) is 0 Å². The van der Waals surface area contributed by atoms with Crippen molar-refractivity contribution in [3.63, 3.8) is 0 Å². The zero-order valence-electron chi connectivity index (χ0n) is 24.5. The topological polar surface area (TPSA) is 139 Å². The first-order valence-electron chi connectivity index (χ1n) is 13.3. The minimum Gasteiger partial charge on any atom is -0.493 e. The first kappa shape index (κ1) is 31.2. The van der Waals surface area contributed by atoms with Gasteiger partial charge in [-0.15, -0.1) is 0 Å². The van der Waals surface area contributed by atoms with Crippen LogP contribution >= 0.6 is 0 Å². The van der Waals surface area contributed by atoms with Gasteiger partial charge in [0.05, 0.1) is 24.8 Å². The van der Waals surface area contributed by atoms with Crippen LogP contribution in [0.3, 0.4) is 0 Å². The van der Waals surface area contributed by atoms with Crippen LogP contribution in [-0.2, 0) is 16.4 Å². The molecule has 226 valence electrons. The van der Waals surface area contributed by atoms with Gasteiger partial charge in [0.15, 0.2) is 17.3 Å². The standard InChI is InChI=1S/C30H34FN7O4S/c1-19-6-10-23(31)17-25(19)34-30-35-28(33-15-14-21-7-13-26(41-4)27(16-21)42-5)18-29(36-30)38-37-20(2)22-8-11-24(12-9-22)43(39,40)32-3/h6-13,16-18,32H,14-15H2,1-5H3,(H3,33,34,35,36,38). The largest absolute Gasteiger partial charge is 0.493 e. The number of aromatic nitrogens is 2. The van der Waals surface area contributed by atoms with Gasteiger partial charge in [0.2, 0.25) is 16.0 Å². The monoisotopic (exact) mass is 607 g/mol. The van der Waals surface area contributed by atoms with Gasteiger partial charge in [-0.2, -0.15) is 15.1 Å². The van der Waals surface area contributed by atoms with Crippen molar-refractivity contribution in [2.24, 2.45) is 5.10 Å². The fourth-order valence-corrected chi connectivity index (χ4v) is 4.80. The Labute approximate surface area is 250 Å². The summed E-state index contributed by atoms with van der Waals surface area (Å²) in [6.07, 6.45) is 0.676. The van der Waals surface area contributed by atoms with Crippen LogP contribution in [0.25, 0.3) is 0 Å². The van der Waals surface area contributed by atoms with Crippen molar-refractivity contribution in [3.8, 4) is 11.5 Å². The molecule has 0 saturated heterocycles. The average molecular weight is 608 g/mol. The van der Waals surface area contributed by atoms with Crippen LogP contribution in [0.4, 0.5) is 27.7 Å². The summed E-state index contributed by atoms with van der Waals surface area (Å²) in [6.45, 7) is 4.19. The van der Waals surface area contributed by atoms with E-state index in [4.69, 9.17) is 9.47 Å². The quantitative estimate of drug-likeness (QED) is 0.121. The molecule has 0 fully saturated rings. The van der Waals surface area contributed by atoms with Crippen molar-refractivity contribution in [2.45, 2.75) is 25.2 Å². The molecule has 3 aromatic carbocycles. The maximum absolute atomic E-state index is 13.9. The molecule has 0 radical (unpaired) electrons. The number of rotatable bonds is 13. The van der Waals surface area contributed by atoms with Gasteiger partial charge >= 0.3 is 0 Å². The number of hydrogen-bond donors (Lipinski definition) is 4. The van der Waals surface area contributed by atoms with Crippen LogP contribution in [-0.4, -0.2) is 51.9 Å². The van der Waals surface area contributed by atoms with E-state index in [-0.39, 0.29) is 16.7 Å². The Morgan fingerprint density at radius 3 is 2.35 bits per heavy atom. The molecule has 0 aliphatic carbocycles. The van der Waals surface area contributed by atoms with Crippen molar-refractivity contribution in [2.75, 3.05) is 43.9 Å². The smallest absolute Gasteiger partial charge is 0.240 e. The van der Waals surface area contributed by atoms with E-state index in [9.17, 15) is 12.8 Å². The highest BCUT2D eigenvalue weighted by Crippen LogP contribution is 2.28. The van der Waals surface area contributed by atoms with Gasteiger partial charge in [0.25, 0.3) is 0 Å². The molecule has 11 nitrogen and oxygen atoms in total. The fraction of sp³-hybridized carbons (Fsp3) is 0.233. The van der Waals surface area contributed by atoms with Gasteiger partial charge in [-0.1, -0.05) is 24.3 Å². The van der Waals surface area contributed by atoms with Crippen LogP contribution in [0, 0.1) is 12.7 Å². The van der Waals surface area contributed by atoms with Gasteiger partial charge in [0, 0.05) is 18.3 Å². The van der Waals surface area contributed by atoms with E-state index >= 15 is 0 Å². The lowest BCUT2D eigenvalue weighted by atomic mass is 10.1. The third kappa shape index (κ3) is 8.17. The zero-order valence-corrected chi connectivity index (χ0v) is 25.3. The number of halogens is 1. The number of nitrogens with one attached hydrogen (secondary N) is 4. The van der Waals surface area contributed by atoms with E-state index in [1.54, 1.807) is 45.4 Å². The van der Waals surface area contributed by atoms with Gasteiger partial charge in [-0.05, 0) is 80.4 Å². The average Bonchev–Trinajstić information content (AvgIpc) is 3.01. The summed E-state index contributed by atoms with van der Waals surface area (Å²) >= 11 is 0. The SMILES string of the molecule is CNS(=O)(=O)c1ccc(C(C)=NNc2cc(NCCc3ccc(OC)c(OC)c3)nc(Nc3cc(F)ccc3C)n2)cc1. The van der Waals surface area contributed by atoms with Gasteiger partial charge in [-0.25, -0.2) is 17.5 Å². The molecule has 1 aromatic heterocycles. The lowest BCUT2D eigenvalue weighted by Crippen LogP contribution is -2.18. The molecule has 0 bridgehead atoms. The molecule has 0 spiro atoms. The minimum atomic E-state index is -3.54. The fourth-order valence-electron chi connectivity index (χ4n) is 4.07. The number of sulfonamides is 1. The first-order valence-corrected chi connectivity index (χ1v) is 14.8. The number of aryl methyl sites for hydroxylation is 1. The second kappa shape index (κ2) is 13.9. The van der Waals surface area contributed by atoms with E-state index in [2.05, 4.69) is 35.9 Å². The Morgan fingerprint density at radius 2 is 1.65 bits per heavy atom. The van der Waals surface area contributed by atoms with Crippen LogP contribution in [0.1, 0.15) is 23.6 Å². The molecule has 0 amide bonds. The molecule has 13 heteroatoms. The molecule has 0 atom stereocenters. The lowest BCUT2D eigenvalue weighted by Gasteiger charge is -2.13. The summed E-state index contributed by atoms with van der Waals surface area (Å²) in [7, 11) is 1.01. The van der Waals surface area contributed by atoms with Crippen molar-refractivity contribution < 1.29 is 22.3 Å². The third-order valence-electron chi connectivity index (χ3n) is 6.53. The van der Waals surface area contributed by atoms with Crippen molar-refractivity contribution in [3.05, 3.63) is 89.2 Å². The molecular weight excluding hydrogens is 573 g/mol. The van der Waals surface area contributed by atoms with E-state index in [0.29, 0.717) is 47.5 Å². The maximum atomic E-state index is 13.9. The highest BCUT2D eigenvalue weighted by molar-refractivity contribution is 7.89. The van der Waals surface area contributed by atoms with E-state index < -0.39 is 10.0 Å². The van der Waals surface area contributed by atoms with Gasteiger partial charge in [0.1, 0.15) is 11.6 Å². The predicted octanol–water partition coefficient (Wildman–Crippen LogP) is 5.08. The number of nitrogens with zero attached hydrogens (tertiary/aromatic N) is 3. The first-order chi connectivity index (χ1) is 20.6. The normalized spacial score (nSPS) is 11.6. The molecule has 0 aliphatic heterocycles. The number of hydrogen-bond acceptors (Lipinski definition) is 10.